The minimum atomic E-state index is -1.23. The molecular formula is C24H24F2O2. The van der Waals surface area contributed by atoms with Crippen molar-refractivity contribution < 1.29 is 18.6 Å². The zero-order chi connectivity index (χ0) is 19.9. The molecule has 0 aromatic heterocycles. The van der Waals surface area contributed by atoms with Crippen molar-refractivity contribution in [1.82, 2.24) is 0 Å². The van der Waals surface area contributed by atoms with E-state index in [-0.39, 0.29) is 5.56 Å². The van der Waals surface area contributed by atoms with Crippen LogP contribution in [-0.2, 0) is 0 Å². The first kappa shape index (κ1) is 19.9. The fraction of sp³-hybridized carbons (Fsp3) is 0.250. The van der Waals surface area contributed by atoms with Crippen molar-refractivity contribution >= 4 is 0 Å². The van der Waals surface area contributed by atoms with E-state index in [1.54, 1.807) is 12.1 Å². The maximum atomic E-state index is 14.0. The van der Waals surface area contributed by atoms with Gasteiger partial charge in [-0.15, -0.1) is 0 Å². The van der Waals surface area contributed by atoms with Crippen molar-refractivity contribution in [2.24, 2.45) is 0 Å². The summed E-state index contributed by atoms with van der Waals surface area (Å²) in [7, 11) is 0. The molecule has 0 radical (unpaired) electrons. The Morgan fingerprint density at radius 2 is 1.32 bits per heavy atom. The molecule has 3 aromatic rings. The number of hydrogen-bond donors (Lipinski definition) is 1. The summed E-state index contributed by atoms with van der Waals surface area (Å²) in [5.41, 5.74) is 2.65. The molecule has 3 rings (SSSR count). The van der Waals surface area contributed by atoms with Gasteiger partial charge in [0.2, 0.25) is 5.82 Å². The number of phenols is 1. The third kappa shape index (κ3) is 4.69. The topological polar surface area (TPSA) is 29.5 Å². The Balaban J connectivity index is 1.67. The normalized spacial score (nSPS) is 10.8. The van der Waals surface area contributed by atoms with Gasteiger partial charge in [-0.05, 0) is 47.4 Å². The number of aromatic hydroxyl groups is 1. The molecule has 146 valence electrons. The predicted octanol–water partition coefficient (Wildman–Crippen LogP) is 6.96. The number of hydrogen-bond acceptors (Lipinski definition) is 2. The van der Waals surface area contributed by atoms with Gasteiger partial charge in [-0.1, -0.05) is 62.6 Å². The van der Waals surface area contributed by atoms with Crippen molar-refractivity contribution in [2.75, 3.05) is 6.61 Å². The molecule has 0 spiro atoms. The van der Waals surface area contributed by atoms with Crippen LogP contribution in [0.3, 0.4) is 0 Å². The van der Waals surface area contributed by atoms with Crippen LogP contribution in [0.1, 0.15) is 32.6 Å². The molecule has 0 aliphatic heterocycles. The van der Waals surface area contributed by atoms with Crippen LogP contribution >= 0.6 is 0 Å². The zero-order valence-corrected chi connectivity index (χ0v) is 15.9. The molecule has 3 aromatic carbocycles. The maximum Gasteiger partial charge on any atom is 0.200 e. The van der Waals surface area contributed by atoms with E-state index in [0.717, 1.165) is 36.0 Å². The van der Waals surface area contributed by atoms with Crippen LogP contribution in [0.5, 0.6) is 11.5 Å². The van der Waals surface area contributed by atoms with Gasteiger partial charge < -0.3 is 9.84 Å². The Morgan fingerprint density at radius 3 is 1.96 bits per heavy atom. The summed E-state index contributed by atoms with van der Waals surface area (Å²) in [5, 5.41) is 9.25. The van der Waals surface area contributed by atoms with Gasteiger partial charge >= 0.3 is 0 Å². The summed E-state index contributed by atoms with van der Waals surface area (Å²) in [6.07, 6.45) is 4.69. The minimum absolute atomic E-state index is 0.119. The average molecular weight is 382 g/mol. The standard InChI is InChI=1S/C24H24F2O2/c1-2-3-4-5-16-28-20-12-10-18(11-13-20)17-6-8-19(9-7-17)21-14-15-22(27)24(26)23(21)25/h6-15,27H,2-5,16H2,1H3. The molecule has 4 heteroatoms. The van der Waals surface area contributed by atoms with Crippen LogP contribution in [0, 0.1) is 11.6 Å². The van der Waals surface area contributed by atoms with E-state index < -0.39 is 17.4 Å². The lowest BCUT2D eigenvalue weighted by atomic mass is 9.99. The molecule has 1 N–H and O–H groups in total. The predicted molar refractivity (Wildman–Crippen MR) is 109 cm³/mol. The number of halogens is 2. The highest BCUT2D eigenvalue weighted by Gasteiger charge is 2.14. The van der Waals surface area contributed by atoms with Crippen LogP contribution in [0.4, 0.5) is 8.78 Å². The Hall–Kier alpha value is -2.88. The second-order valence-corrected chi connectivity index (χ2v) is 6.77. The van der Waals surface area contributed by atoms with E-state index in [1.165, 1.54) is 25.3 Å². The summed E-state index contributed by atoms with van der Waals surface area (Å²) in [5.74, 6) is -2.12. The molecular weight excluding hydrogens is 358 g/mol. The van der Waals surface area contributed by atoms with E-state index in [2.05, 4.69) is 6.92 Å². The second-order valence-electron chi connectivity index (χ2n) is 6.77. The highest BCUT2D eigenvalue weighted by atomic mass is 19.2. The van der Waals surface area contributed by atoms with E-state index in [0.29, 0.717) is 5.56 Å². The van der Waals surface area contributed by atoms with Gasteiger partial charge in [0.1, 0.15) is 5.75 Å². The smallest absolute Gasteiger partial charge is 0.200 e. The van der Waals surface area contributed by atoms with Crippen LogP contribution < -0.4 is 4.74 Å². The first-order chi connectivity index (χ1) is 13.6. The summed E-state index contributed by atoms with van der Waals surface area (Å²) in [6, 6.07) is 17.6. The monoisotopic (exact) mass is 382 g/mol. The number of benzene rings is 3. The van der Waals surface area contributed by atoms with E-state index in [4.69, 9.17) is 4.74 Å². The first-order valence-electron chi connectivity index (χ1n) is 9.60. The SMILES string of the molecule is CCCCCCOc1ccc(-c2ccc(-c3ccc(O)c(F)c3F)cc2)cc1. The van der Waals surface area contributed by atoms with Crippen molar-refractivity contribution in [3.63, 3.8) is 0 Å². The fourth-order valence-electron chi connectivity index (χ4n) is 3.07. The van der Waals surface area contributed by atoms with Crippen molar-refractivity contribution in [3.8, 4) is 33.8 Å². The molecule has 0 amide bonds. The van der Waals surface area contributed by atoms with Gasteiger partial charge in [0, 0.05) is 5.56 Å². The summed E-state index contributed by atoms with van der Waals surface area (Å²) >= 11 is 0. The number of unbranched alkanes of at least 4 members (excludes halogenated alkanes) is 3. The largest absolute Gasteiger partial charge is 0.505 e. The Kier molecular flexibility index (Phi) is 6.64. The maximum absolute atomic E-state index is 14.0. The van der Waals surface area contributed by atoms with Gasteiger partial charge in [-0.25, -0.2) is 4.39 Å². The van der Waals surface area contributed by atoms with E-state index >= 15 is 0 Å². The molecule has 0 bridgehead atoms. The quantitative estimate of drug-likeness (QED) is 0.427. The lowest BCUT2D eigenvalue weighted by Crippen LogP contribution is -1.96. The second kappa shape index (κ2) is 9.36. The van der Waals surface area contributed by atoms with Crippen LogP contribution in [0.15, 0.2) is 60.7 Å². The van der Waals surface area contributed by atoms with Gasteiger partial charge in [-0.3, -0.25) is 0 Å². The van der Waals surface area contributed by atoms with Gasteiger partial charge in [0.05, 0.1) is 6.61 Å². The lowest BCUT2D eigenvalue weighted by Gasteiger charge is -2.09. The zero-order valence-electron chi connectivity index (χ0n) is 15.9. The first-order valence-corrected chi connectivity index (χ1v) is 9.60. The molecule has 2 nitrogen and oxygen atoms in total. The van der Waals surface area contributed by atoms with Crippen LogP contribution in [-0.4, -0.2) is 11.7 Å². The minimum Gasteiger partial charge on any atom is -0.505 e. The van der Waals surface area contributed by atoms with E-state index in [9.17, 15) is 13.9 Å². The van der Waals surface area contributed by atoms with E-state index in [1.807, 2.05) is 36.4 Å². The van der Waals surface area contributed by atoms with Crippen molar-refractivity contribution in [1.29, 1.82) is 0 Å². The summed E-state index contributed by atoms with van der Waals surface area (Å²) in [6.45, 7) is 2.91. The molecule has 0 fully saturated rings. The molecule has 0 heterocycles. The Morgan fingerprint density at radius 1 is 0.714 bits per heavy atom. The average Bonchev–Trinajstić information content (AvgIpc) is 2.73. The highest BCUT2D eigenvalue weighted by Crippen LogP contribution is 2.31. The van der Waals surface area contributed by atoms with Crippen LogP contribution in [0.2, 0.25) is 0 Å². The third-order valence-corrected chi connectivity index (χ3v) is 4.71. The molecule has 0 aliphatic rings. The summed E-state index contributed by atoms with van der Waals surface area (Å²) < 4.78 is 33.4. The lowest BCUT2D eigenvalue weighted by molar-refractivity contribution is 0.305. The molecule has 0 unspecified atom stereocenters. The van der Waals surface area contributed by atoms with Gasteiger partial charge in [0.25, 0.3) is 0 Å². The molecule has 28 heavy (non-hydrogen) atoms. The molecule has 0 saturated carbocycles. The highest BCUT2D eigenvalue weighted by molar-refractivity contribution is 5.71. The van der Waals surface area contributed by atoms with Gasteiger partial charge in [0.15, 0.2) is 11.6 Å². The van der Waals surface area contributed by atoms with Crippen molar-refractivity contribution in [2.45, 2.75) is 32.6 Å². The van der Waals surface area contributed by atoms with Crippen LogP contribution in [0.25, 0.3) is 22.3 Å². The molecule has 0 saturated heterocycles. The Labute approximate surface area is 164 Å². The van der Waals surface area contributed by atoms with Crippen molar-refractivity contribution in [3.05, 3.63) is 72.3 Å². The Bertz CT molecular complexity index is 903. The van der Waals surface area contributed by atoms with Gasteiger partial charge in [-0.2, -0.15) is 4.39 Å². The number of ether oxygens (including phenoxy) is 1. The number of rotatable bonds is 8. The molecule has 0 atom stereocenters. The molecule has 0 aliphatic carbocycles. The fourth-order valence-corrected chi connectivity index (χ4v) is 3.07. The third-order valence-electron chi connectivity index (χ3n) is 4.71. The number of phenolic OH excluding ortho intramolecular Hbond substituents is 1. The summed E-state index contributed by atoms with van der Waals surface area (Å²) in [4.78, 5) is 0.